The summed E-state index contributed by atoms with van der Waals surface area (Å²) < 4.78 is 0. The first-order valence-corrected chi connectivity index (χ1v) is 7.74. The Balaban J connectivity index is 2.07. The molecule has 2 rings (SSSR count). The molecule has 0 aromatic heterocycles. The lowest BCUT2D eigenvalue weighted by Crippen LogP contribution is -2.36. The topological polar surface area (TPSA) is 44.7 Å². The van der Waals surface area contributed by atoms with Gasteiger partial charge in [0, 0.05) is 25.5 Å². The zero-order valence-electron chi connectivity index (χ0n) is 12.4. The number of thioether (sulfide) groups is 1. The molecule has 4 nitrogen and oxygen atoms in total. The zero-order valence-corrected chi connectivity index (χ0v) is 13.3. The van der Waals surface area contributed by atoms with Crippen LogP contribution in [0.25, 0.3) is 0 Å². The second-order valence-electron chi connectivity index (χ2n) is 5.31. The fraction of sp³-hybridized carbons (Fsp3) is 0.467. The summed E-state index contributed by atoms with van der Waals surface area (Å²) in [6, 6.07) is 8.28. The summed E-state index contributed by atoms with van der Waals surface area (Å²) in [7, 11) is 4.07. The van der Waals surface area contributed by atoms with Crippen molar-refractivity contribution in [3.63, 3.8) is 0 Å². The maximum absolute atomic E-state index is 11.9. The molecule has 1 unspecified atom stereocenters. The maximum atomic E-state index is 11.9. The van der Waals surface area contributed by atoms with Crippen LogP contribution in [0.3, 0.4) is 0 Å². The molecule has 0 saturated carbocycles. The van der Waals surface area contributed by atoms with E-state index in [1.807, 2.05) is 40.1 Å². The van der Waals surface area contributed by atoms with Gasteiger partial charge in [0.05, 0.1) is 0 Å². The molecule has 0 aliphatic carbocycles. The lowest BCUT2D eigenvalue weighted by molar-refractivity contribution is -0.123. The van der Waals surface area contributed by atoms with Crippen LogP contribution in [0.4, 0.5) is 5.69 Å². The largest absolute Gasteiger partial charge is 0.377 e. The third-order valence-corrected chi connectivity index (χ3v) is 4.51. The number of hydrogen-bond acceptors (Lipinski definition) is 4. The summed E-state index contributed by atoms with van der Waals surface area (Å²) in [4.78, 5) is 18.5. The standard InChI is InChI=1S/C15H21N3OS/c1-5-15(2)13(19)16-14(17-15)20-10-11-8-6-7-9-12(11)18(3)4/h6-9H,5,10H2,1-4H3,(H,16,17,19). The molecule has 1 N–H and O–H groups in total. The van der Waals surface area contributed by atoms with Crippen molar-refractivity contribution in [2.45, 2.75) is 31.6 Å². The van der Waals surface area contributed by atoms with Gasteiger partial charge < -0.3 is 10.2 Å². The minimum atomic E-state index is -0.594. The number of hydrogen-bond donors (Lipinski definition) is 1. The van der Waals surface area contributed by atoms with Gasteiger partial charge in [-0.15, -0.1) is 0 Å². The van der Waals surface area contributed by atoms with Crippen molar-refractivity contribution in [1.29, 1.82) is 0 Å². The molecule has 0 spiro atoms. The lowest BCUT2D eigenvalue weighted by Gasteiger charge is -2.16. The molecule has 5 heteroatoms. The fourth-order valence-corrected chi connectivity index (χ4v) is 3.03. The van der Waals surface area contributed by atoms with Crippen LogP contribution in [-0.4, -0.2) is 30.7 Å². The van der Waals surface area contributed by atoms with Crippen LogP contribution in [0.1, 0.15) is 25.8 Å². The Labute approximate surface area is 124 Å². The minimum absolute atomic E-state index is 0.00314. The van der Waals surface area contributed by atoms with Crippen LogP contribution in [0.5, 0.6) is 0 Å². The number of nitrogens with zero attached hydrogens (tertiary/aromatic N) is 2. The number of carbonyl (C=O) groups excluding carboxylic acids is 1. The number of benzene rings is 1. The molecule has 108 valence electrons. The van der Waals surface area contributed by atoms with E-state index >= 15 is 0 Å². The summed E-state index contributed by atoms with van der Waals surface area (Å²) in [5, 5.41) is 3.60. The molecular weight excluding hydrogens is 270 g/mol. The van der Waals surface area contributed by atoms with Gasteiger partial charge in [0.25, 0.3) is 5.91 Å². The second kappa shape index (κ2) is 5.87. The van der Waals surface area contributed by atoms with Gasteiger partial charge in [-0.2, -0.15) is 0 Å². The molecule has 0 radical (unpaired) electrons. The predicted molar refractivity (Wildman–Crippen MR) is 86.3 cm³/mol. The molecule has 1 atom stereocenters. The number of rotatable bonds is 4. The van der Waals surface area contributed by atoms with E-state index in [1.54, 1.807) is 11.8 Å². The van der Waals surface area contributed by atoms with Crippen molar-refractivity contribution in [2.24, 2.45) is 4.99 Å². The zero-order chi connectivity index (χ0) is 14.8. The molecule has 1 amide bonds. The molecule has 0 fully saturated rings. The van der Waals surface area contributed by atoms with E-state index in [9.17, 15) is 4.79 Å². The molecular formula is C15H21N3OS. The van der Waals surface area contributed by atoms with Crippen molar-refractivity contribution >= 4 is 28.5 Å². The summed E-state index contributed by atoms with van der Waals surface area (Å²) in [6.45, 7) is 3.86. The summed E-state index contributed by atoms with van der Waals surface area (Å²) in [5.74, 6) is 0.802. The monoisotopic (exact) mass is 291 g/mol. The van der Waals surface area contributed by atoms with Crippen molar-refractivity contribution in [3.8, 4) is 0 Å². The summed E-state index contributed by atoms with van der Waals surface area (Å²) in [6.07, 6.45) is 0.719. The van der Waals surface area contributed by atoms with Gasteiger partial charge in [-0.3, -0.25) is 4.79 Å². The van der Waals surface area contributed by atoms with Gasteiger partial charge in [0.2, 0.25) is 0 Å². The highest BCUT2D eigenvalue weighted by Gasteiger charge is 2.37. The van der Waals surface area contributed by atoms with Crippen LogP contribution < -0.4 is 10.2 Å². The summed E-state index contributed by atoms with van der Waals surface area (Å²) >= 11 is 1.58. The Bertz CT molecular complexity index is 542. The molecule has 20 heavy (non-hydrogen) atoms. The third-order valence-electron chi connectivity index (χ3n) is 3.58. The van der Waals surface area contributed by atoms with Gasteiger partial charge in [-0.1, -0.05) is 36.9 Å². The van der Waals surface area contributed by atoms with Gasteiger partial charge in [0.1, 0.15) is 5.54 Å². The number of amides is 1. The van der Waals surface area contributed by atoms with Gasteiger partial charge in [0.15, 0.2) is 5.17 Å². The second-order valence-corrected chi connectivity index (χ2v) is 6.27. The lowest BCUT2D eigenvalue weighted by atomic mass is 10.0. The number of amidine groups is 1. The maximum Gasteiger partial charge on any atom is 0.253 e. The Morgan fingerprint density at radius 2 is 2.05 bits per heavy atom. The first-order valence-electron chi connectivity index (χ1n) is 6.75. The highest BCUT2D eigenvalue weighted by Crippen LogP contribution is 2.27. The minimum Gasteiger partial charge on any atom is -0.377 e. The molecule has 1 heterocycles. The van der Waals surface area contributed by atoms with E-state index < -0.39 is 5.54 Å². The Morgan fingerprint density at radius 1 is 1.35 bits per heavy atom. The van der Waals surface area contributed by atoms with E-state index in [0.717, 1.165) is 17.3 Å². The van der Waals surface area contributed by atoms with E-state index in [2.05, 4.69) is 27.3 Å². The molecule has 1 aliphatic heterocycles. The molecule has 0 bridgehead atoms. The van der Waals surface area contributed by atoms with E-state index in [0.29, 0.717) is 0 Å². The quantitative estimate of drug-likeness (QED) is 0.927. The first kappa shape index (κ1) is 14.9. The normalized spacial score (nSPS) is 21.6. The van der Waals surface area contributed by atoms with Crippen molar-refractivity contribution in [3.05, 3.63) is 29.8 Å². The van der Waals surface area contributed by atoms with Crippen LogP contribution in [0.2, 0.25) is 0 Å². The fourth-order valence-electron chi connectivity index (χ4n) is 2.06. The molecule has 1 aromatic rings. The highest BCUT2D eigenvalue weighted by molar-refractivity contribution is 8.13. The number of para-hydroxylation sites is 1. The molecule has 1 aliphatic rings. The van der Waals surface area contributed by atoms with Crippen LogP contribution in [-0.2, 0) is 10.5 Å². The van der Waals surface area contributed by atoms with Gasteiger partial charge in [-0.25, -0.2) is 4.99 Å². The van der Waals surface area contributed by atoms with Crippen molar-refractivity contribution < 1.29 is 4.79 Å². The average Bonchev–Trinajstić information content (AvgIpc) is 2.73. The average molecular weight is 291 g/mol. The van der Waals surface area contributed by atoms with Crippen LogP contribution >= 0.6 is 11.8 Å². The van der Waals surface area contributed by atoms with Crippen molar-refractivity contribution in [2.75, 3.05) is 19.0 Å². The summed E-state index contributed by atoms with van der Waals surface area (Å²) in [5.41, 5.74) is 1.84. The molecule has 0 saturated heterocycles. The van der Waals surface area contributed by atoms with Gasteiger partial charge in [-0.05, 0) is 25.0 Å². The Hall–Kier alpha value is -1.49. The smallest absolute Gasteiger partial charge is 0.253 e. The first-order chi connectivity index (χ1) is 9.46. The Kier molecular flexibility index (Phi) is 4.38. The predicted octanol–water partition coefficient (Wildman–Crippen LogP) is 2.64. The number of carbonyl (C=O) groups is 1. The number of aliphatic imine (C=N–C) groups is 1. The highest BCUT2D eigenvalue weighted by atomic mass is 32.2. The third kappa shape index (κ3) is 2.98. The van der Waals surface area contributed by atoms with Crippen LogP contribution in [0.15, 0.2) is 29.3 Å². The van der Waals surface area contributed by atoms with E-state index in [1.165, 1.54) is 11.3 Å². The SMILES string of the molecule is CCC1(C)N=C(SCc2ccccc2N(C)C)NC1=O. The van der Waals surface area contributed by atoms with Gasteiger partial charge >= 0.3 is 0 Å². The van der Waals surface area contributed by atoms with Crippen molar-refractivity contribution in [1.82, 2.24) is 5.32 Å². The number of anilines is 1. The number of nitrogens with one attached hydrogen (secondary N) is 1. The Morgan fingerprint density at radius 3 is 2.65 bits per heavy atom. The van der Waals surface area contributed by atoms with Crippen LogP contribution in [0, 0.1) is 0 Å². The molecule has 1 aromatic carbocycles. The van der Waals surface area contributed by atoms with E-state index in [-0.39, 0.29) is 5.91 Å². The van der Waals surface area contributed by atoms with E-state index in [4.69, 9.17) is 0 Å².